The van der Waals surface area contributed by atoms with Crippen LogP contribution in [0.4, 0.5) is 28.9 Å². The summed E-state index contributed by atoms with van der Waals surface area (Å²) in [6.07, 6.45) is 4.73. The standard InChI is InChI=1S/C23H20F4N4O.2ClH/c24-15-4-1-5-16(25)20(15)21-17(26)7-6-14(22(21)27)23(32)30-18-11-29-9-8-19(18)31-10-2-3-13(28)12-31;;/h1,4-9,11,13H,2-3,10,12,28H2,(H,30,32);2*1H/t13-;;/m0../s1. The molecule has 1 amide bonds. The van der Waals surface area contributed by atoms with Crippen LogP contribution in [0.15, 0.2) is 48.8 Å². The topological polar surface area (TPSA) is 71.2 Å². The minimum atomic E-state index is -1.36. The number of amides is 1. The first-order valence-electron chi connectivity index (χ1n) is 10.0. The van der Waals surface area contributed by atoms with Crippen LogP contribution in [0.2, 0.25) is 0 Å². The van der Waals surface area contributed by atoms with Crippen molar-refractivity contribution in [1.82, 2.24) is 4.98 Å². The van der Waals surface area contributed by atoms with Gasteiger partial charge >= 0.3 is 0 Å². The number of hydrogen-bond acceptors (Lipinski definition) is 4. The highest BCUT2D eigenvalue weighted by Crippen LogP contribution is 2.33. The predicted molar refractivity (Wildman–Crippen MR) is 128 cm³/mol. The van der Waals surface area contributed by atoms with Crippen LogP contribution in [-0.4, -0.2) is 30.0 Å². The van der Waals surface area contributed by atoms with Crippen LogP contribution in [0.1, 0.15) is 23.2 Å². The molecule has 1 saturated heterocycles. The molecule has 11 heteroatoms. The molecule has 4 rings (SSSR count). The van der Waals surface area contributed by atoms with Gasteiger partial charge in [0.1, 0.15) is 23.3 Å². The summed E-state index contributed by atoms with van der Waals surface area (Å²) < 4.78 is 57.9. The van der Waals surface area contributed by atoms with E-state index < -0.39 is 45.9 Å². The molecule has 182 valence electrons. The van der Waals surface area contributed by atoms with Crippen molar-refractivity contribution in [2.45, 2.75) is 18.9 Å². The molecule has 1 fully saturated rings. The SMILES string of the molecule is Cl.Cl.N[C@H]1CCCN(c2ccncc2NC(=O)c2ccc(F)c(-c3c(F)cccc3F)c2F)C1. The number of anilines is 2. The molecular formula is C23H22Cl2F4N4O. The van der Waals surface area contributed by atoms with Crippen molar-refractivity contribution in [2.24, 2.45) is 5.73 Å². The van der Waals surface area contributed by atoms with Crippen LogP contribution in [0.25, 0.3) is 11.1 Å². The van der Waals surface area contributed by atoms with E-state index in [-0.39, 0.29) is 30.9 Å². The second-order valence-electron chi connectivity index (χ2n) is 7.58. The minimum absolute atomic E-state index is 0. The summed E-state index contributed by atoms with van der Waals surface area (Å²) in [6, 6.07) is 6.26. The Labute approximate surface area is 206 Å². The van der Waals surface area contributed by atoms with Crippen LogP contribution in [0, 0.1) is 23.3 Å². The third-order valence-electron chi connectivity index (χ3n) is 5.39. The molecule has 0 unspecified atom stereocenters. The van der Waals surface area contributed by atoms with Crippen molar-refractivity contribution < 1.29 is 22.4 Å². The Kier molecular flexibility index (Phi) is 9.26. The van der Waals surface area contributed by atoms with E-state index in [1.165, 1.54) is 6.20 Å². The molecule has 0 spiro atoms. The number of nitrogens with zero attached hydrogens (tertiary/aromatic N) is 2. The van der Waals surface area contributed by atoms with E-state index in [0.717, 1.165) is 49.7 Å². The maximum Gasteiger partial charge on any atom is 0.258 e. The molecule has 34 heavy (non-hydrogen) atoms. The Morgan fingerprint density at radius 1 is 1.00 bits per heavy atom. The fourth-order valence-corrected chi connectivity index (χ4v) is 3.87. The highest BCUT2D eigenvalue weighted by Gasteiger charge is 2.26. The van der Waals surface area contributed by atoms with Crippen LogP contribution in [-0.2, 0) is 0 Å². The Bertz CT molecular complexity index is 1160. The van der Waals surface area contributed by atoms with Crippen molar-refractivity contribution in [3.63, 3.8) is 0 Å². The van der Waals surface area contributed by atoms with Gasteiger partial charge in [0.15, 0.2) is 0 Å². The summed E-state index contributed by atoms with van der Waals surface area (Å²) in [7, 11) is 0. The van der Waals surface area contributed by atoms with Crippen LogP contribution in [0.3, 0.4) is 0 Å². The smallest absolute Gasteiger partial charge is 0.258 e. The lowest BCUT2D eigenvalue weighted by Crippen LogP contribution is -2.43. The van der Waals surface area contributed by atoms with Crippen LogP contribution >= 0.6 is 24.8 Å². The van der Waals surface area contributed by atoms with Crippen molar-refractivity contribution in [2.75, 3.05) is 23.3 Å². The maximum atomic E-state index is 15.2. The molecule has 3 N–H and O–H groups in total. The average molecular weight is 517 g/mol. The lowest BCUT2D eigenvalue weighted by molar-refractivity contribution is 0.102. The van der Waals surface area contributed by atoms with E-state index in [2.05, 4.69) is 10.3 Å². The number of piperidine rings is 1. The van der Waals surface area contributed by atoms with E-state index in [1.807, 2.05) is 4.90 Å². The maximum absolute atomic E-state index is 15.2. The van der Waals surface area contributed by atoms with E-state index in [1.54, 1.807) is 12.3 Å². The fraction of sp³-hybridized carbons (Fsp3) is 0.217. The molecule has 1 aromatic heterocycles. The number of carbonyl (C=O) groups is 1. The van der Waals surface area contributed by atoms with E-state index in [0.29, 0.717) is 17.9 Å². The number of nitrogens with two attached hydrogens (primary N) is 1. The zero-order valence-corrected chi connectivity index (χ0v) is 19.4. The van der Waals surface area contributed by atoms with Gasteiger partial charge in [-0.2, -0.15) is 0 Å². The summed E-state index contributed by atoms with van der Waals surface area (Å²) >= 11 is 0. The monoisotopic (exact) mass is 516 g/mol. The summed E-state index contributed by atoms with van der Waals surface area (Å²) in [4.78, 5) is 18.9. The van der Waals surface area contributed by atoms with E-state index >= 15 is 4.39 Å². The molecule has 2 heterocycles. The molecule has 2 aromatic carbocycles. The van der Waals surface area contributed by atoms with Gasteiger partial charge in [-0.15, -0.1) is 24.8 Å². The summed E-state index contributed by atoms with van der Waals surface area (Å²) in [5, 5.41) is 2.57. The van der Waals surface area contributed by atoms with Crippen molar-refractivity contribution in [1.29, 1.82) is 0 Å². The molecule has 0 saturated carbocycles. The molecule has 0 aliphatic carbocycles. The normalized spacial score (nSPS) is 15.2. The number of pyridine rings is 1. The Morgan fingerprint density at radius 3 is 2.35 bits per heavy atom. The van der Waals surface area contributed by atoms with Gasteiger partial charge in [0.05, 0.1) is 34.3 Å². The number of nitrogens with one attached hydrogen (secondary N) is 1. The third kappa shape index (κ3) is 5.43. The summed E-state index contributed by atoms with van der Waals surface area (Å²) in [6.45, 7) is 1.30. The lowest BCUT2D eigenvalue weighted by Gasteiger charge is -2.33. The van der Waals surface area contributed by atoms with Gasteiger partial charge in [0.2, 0.25) is 0 Å². The number of carbonyl (C=O) groups excluding carboxylic acids is 1. The van der Waals surface area contributed by atoms with Crippen molar-refractivity contribution in [3.8, 4) is 11.1 Å². The summed E-state index contributed by atoms with van der Waals surface area (Å²) in [5.74, 6) is -5.74. The summed E-state index contributed by atoms with van der Waals surface area (Å²) in [5.41, 5.74) is 4.64. The molecule has 1 aliphatic rings. The molecule has 5 nitrogen and oxygen atoms in total. The van der Waals surface area contributed by atoms with E-state index in [4.69, 9.17) is 5.73 Å². The van der Waals surface area contributed by atoms with Crippen molar-refractivity contribution in [3.05, 3.63) is 77.6 Å². The number of aromatic nitrogens is 1. The molecule has 3 aromatic rings. The largest absolute Gasteiger partial charge is 0.368 e. The number of rotatable bonds is 4. The number of benzene rings is 2. The lowest BCUT2D eigenvalue weighted by atomic mass is 9.99. The first kappa shape index (κ1) is 27.4. The number of hydrogen-bond donors (Lipinski definition) is 2. The Morgan fingerprint density at radius 2 is 1.68 bits per heavy atom. The second kappa shape index (κ2) is 11.5. The van der Waals surface area contributed by atoms with Crippen LogP contribution in [0.5, 0.6) is 0 Å². The highest BCUT2D eigenvalue weighted by molar-refractivity contribution is 6.06. The highest BCUT2D eigenvalue weighted by atomic mass is 35.5. The third-order valence-corrected chi connectivity index (χ3v) is 5.39. The first-order valence-corrected chi connectivity index (χ1v) is 10.0. The molecular weight excluding hydrogens is 495 g/mol. The Hall–Kier alpha value is -2.88. The second-order valence-corrected chi connectivity index (χ2v) is 7.58. The zero-order chi connectivity index (χ0) is 22.8. The van der Waals surface area contributed by atoms with Gasteiger partial charge in [-0.25, -0.2) is 17.6 Å². The zero-order valence-electron chi connectivity index (χ0n) is 17.7. The van der Waals surface area contributed by atoms with E-state index in [9.17, 15) is 18.0 Å². The molecule has 0 bridgehead atoms. The van der Waals surface area contributed by atoms with Gasteiger partial charge in [0.25, 0.3) is 5.91 Å². The Balaban J connectivity index is 0.00000204. The fourth-order valence-electron chi connectivity index (χ4n) is 3.87. The van der Waals surface area contributed by atoms with Gasteiger partial charge < -0.3 is 16.0 Å². The quantitative estimate of drug-likeness (QED) is 0.460. The molecule has 1 atom stereocenters. The molecule has 0 radical (unpaired) electrons. The predicted octanol–water partition coefficient (Wildman–Crippen LogP) is 5.33. The first-order chi connectivity index (χ1) is 15.4. The van der Waals surface area contributed by atoms with Crippen molar-refractivity contribution >= 4 is 42.1 Å². The van der Waals surface area contributed by atoms with Gasteiger partial charge in [-0.3, -0.25) is 9.78 Å². The van der Waals surface area contributed by atoms with Gasteiger partial charge in [0, 0.05) is 25.3 Å². The van der Waals surface area contributed by atoms with Crippen LogP contribution < -0.4 is 16.0 Å². The number of halogens is 6. The minimum Gasteiger partial charge on any atom is -0.368 e. The van der Waals surface area contributed by atoms with Gasteiger partial charge in [-0.05, 0) is 43.2 Å². The molecule has 1 aliphatic heterocycles. The van der Waals surface area contributed by atoms with Gasteiger partial charge in [-0.1, -0.05) is 6.07 Å². The average Bonchev–Trinajstić information content (AvgIpc) is 2.76.